The molecule has 2 rings (SSSR count). The van der Waals surface area contributed by atoms with Crippen molar-refractivity contribution in [3.8, 4) is 0 Å². The Balaban J connectivity index is 1.89. The molecule has 0 saturated heterocycles. The number of carboxylic acids is 1. The van der Waals surface area contributed by atoms with Crippen LogP contribution in [-0.4, -0.2) is 27.6 Å². The van der Waals surface area contributed by atoms with Gasteiger partial charge in [-0.15, -0.1) is 0 Å². The van der Waals surface area contributed by atoms with Crippen LogP contribution in [0.1, 0.15) is 19.3 Å². The van der Waals surface area contributed by atoms with Gasteiger partial charge in [0.1, 0.15) is 0 Å². The van der Waals surface area contributed by atoms with E-state index < -0.39 is 11.8 Å². The van der Waals surface area contributed by atoms with Crippen molar-refractivity contribution in [3.63, 3.8) is 0 Å². The molecule has 1 saturated carbocycles. The Kier molecular flexibility index (Phi) is 3.51. The van der Waals surface area contributed by atoms with Crippen molar-refractivity contribution in [3.05, 3.63) is 18.2 Å². The molecule has 6 heteroatoms. The van der Waals surface area contributed by atoms with Gasteiger partial charge in [0.05, 0.1) is 18.3 Å². The van der Waals surface area contributed by atoms with Crippen LogP contribution in [0, 0.1) is 17.7 Å². The number of halogens is 1. The van der Waals surface area contributed by atoms with Gasteiger partial charge in [-0.05, 0) is 18.8 Å². The smallest absolute Gasteiger partial charge is 0.306 e. The van der Waals surface area contributed by atoms with Crippen LogP contribution < -0.4 is 5.32 Å². The summed E-state index contributed by atoms with van der Waals surface area (Å²) in [5, 5.41) is 12.0. The maximum Gasteiger partial charge on any atom is 0.306 e. The van der Waals surface area contributed by atoms with Crippen molar-refractivity contribution in [2.24, 2.45) is 11.8 Å². The van der Waals surface area contributed by atoms with E-state index in [2.05, 4.69) is 15.3 Å². The lowest BCUT2D eigenvalue weighted by Gasteiger charge is -2.15. The van der Waals surface area contributed by atoms with Crippen LogP contribution in [0.15, 0.2) is 12.4 Å². The monoisotopic (exact) mass is 239 g/mol. The largest absolute Gasteiger partial charge is 0.481 e. The van der Waals surface area contributed by atoms with Gasteiger partial charge in [0, 0.05) is 6.54 Å². The van der Waals surface area contributed by atoms with E-state index in [-0.39, 0.29) is 11.8 Å². The van der Waals surface area contributed by atoms with Gasteiger partial charge in [0.25, 0.3) is 0 Å². The average molecular weight is 239 g/mol. The Morgan fingerprint density at radius 3 is 2.82 bits per heavy atom. The van der Waals surface area contributed by atoms with Gasteiger partial charge < -0.3 is 10.4 Å². The minimum Gasteiger partial charge on any atom is -0.481 e. The standard InChI is InChI=1S/C11H14FN3O2/c12-8-5-14-11(15-6-8)13-4-7-2-1-3-9(7)10(16)17/h5-7,9H,1-4H2,(H,16,17)(H,13,14,15). The second-order valence-electron chi connectivity index (χ2n) is 4.24. The maximum absolute atomic E-state index is 12.6. The van der Waals surface area contributed by atoms with Gasteiger partial charge >= 0.3 is 5.97 Å². The first-order valence-electron chi connectivity index (χ1n) is 5.61. The fourth-order valence-electron chi connectivity index (χ4n) is 2.23. The molecule has 0 amide bonds. The van der Waals surface area contributed by atoms with Crippen LogP contribution in [-0.2, 0) is 4.79 Å². The van der Waals surface area contributed by atoms with E-state index in [9.17, 15) is 9.18 Å². The van der Waals surface area contributed by atoms with Crippen molar-refractivity contribution in [1.82, 2.24) is 9.97 Å². The molecule has 0 aromatic carbocycles. The summed E-state index contributed by atoms with van der Waals surface area (Å²) in [6.45, 7) is 0.516. The number of carbonyl (C=O) groups is 1. The molecule has 5 nitrogen and oxygen atoms in total. The first kappa shape index (κ1) is 11.8. The first-order chi connectivity index (χ1) is 8.16. The fraction of sp³-hybridized carbons (Fsp3) is 0.545. The minimum absolute atomic E-state index is 0.0983. The molecule has 0 aliphatic heterocycles. The molecule has 1 heterocycles. The number of aromatic nitrogens is 2. The zero-order chi connectivity index (χ0) is 12.3. The molecule has 0 radical (unpaired) electrons. The second kappa shape index (κ2) is 5.07. The summed E-state index contributed by atoms with van der Waals surface area (Å²) in [5.41, 5.74) is 0. The van der Waals surface area contributed by atoms with E-state index in [4.69, 9.17) is 5.11 Å². The lowest BCUT2D eigenvalue weighted by atomic mass is 9.96. The minimum atomic E-state index is -0.741. The van der Waals surface area contributed by atoms with Crippen molar-refractivity contribution < 1.29 is 14.3 Å². The third kappa shape index (κ3) is 2.89. The van der Waals surface area contributed by atoms with Crippen LogP contribution in [0.5, 0.6) is 0 Å². The summed E-state index contributed by atoms with van der Waals surface area (Å²) in [4.78, 5) is 18.5. The molecular weight excluding hydrogens is 225 g/mol. The summed E-state index contributed by atoms with van der Waals surface area (Å²) >= 11 is 0. The SMILES string of the molecule is O=C(O)C1CCCC1CNc1ncc(F)cn1. The highest BCUT2D eigenvalue weighted by atomic mass is 19.1. The molecular formula is C11H14FN3O2. The van der Waals surface area contributed by atoms with E-state index in [1.54, 1.807) is 0 Å². The molecule has 1 aliphatic rings. The van der Waals surface area contributed by atoms with E-state index in [1.165, 1.54) is 0 Å². The van der Waals surface area contributed by atoms with E-state index in [1.807, 2.05) is 0 Å². The highest BCUT2D eigenvalue weighted by molar-refractivity contribution is 5.70. The molecule has 1 aromatic heterocycles. The van der Waals surface area contributed by atoms with Crippen LogP contribution >= 0.6 is 0 Å². The predicted octanol–water partition coefficient (Wildman–Crippen LogP) is 1.53. The Morgan fingerprint density at radius 1 is 1.47 bits per heavy atom. The number of rotatable bonds is 4. The highest BCUT2D eigenvalue weighted by Gasteiger charge is 2.32. The third-order valence-electron chi connectivity index (χ3n) is 3.12. The summed E-state index contributed by atoms with van der Waals surface area (Å²) in [5.74, 6) is -1.08. The Morgan fingerprint density at radius 2 is 2.18 bits per heavy atom. The van der Waals surface area contributed by atoms with E-state index in [0.717, 1.165) is 31.7 Å². The summed E-state index contributed by atoms with van der Waals surface area (Å²) in [6, 6.07) is 0. The van der Waals surface area contributed by atoms with Gasteiger partial charge in [-0.3, -0.25) is 4.79 Å². The van der Waals surface area contributed by atoms with E-state index >= 15 is 0 Å². The topological polar surface area (TPSA) is 75.1 Å². The molecule has 1 aliphatic carbocycles. The zero-order valence-corrected chi connectivity index (χ0v) is 9.27. The number of anilines is 1. The van der Waals surface area contributed by atoms with Gasteiger partial charge in [0.2, 0.25) is 5.95 Å². The molecule has 2 N–H and O–H groups in total. The van der Waals surface area contributed by atoms with Gasteiger partial charge in [-0.1, -0.05) is 6.42 Å². The number of carboxylic acid groups (broad SMARTS) is 1. The zero-order valence-electron chi connectivity index (χ0n) is 9.27. The fourth-order valence-corrected chi connectivity index (χ4v) is 2.23. The Bertz CT molecular complexity index is 396. The number of nitrogens with zero attached hydrogens (tertiary/aromatic N) is 2. The normalized spacial score (nSPS) is 23.6. The number of nitrogens with one attached hydrogen (secondary N) is 1. The number of aliphatic carboxylic acids is 1. The molecule has 2 unspecified atom stereocenters. The van der Waals surface area contributed by atoms with Crippen LogP contribution in [0.2, 0.25) is 0 Å². The number of hydrogen-bond donors (Lipinski definition) is 2. The summed E-state index contributed by atoms with van der Waals surface area (Å²) in [7, 11) is 0. The Labute approximate surface area is 98.1 Å². The van der Waals surface area contributed by atoms with Crippen molar-refractivity contribution >= 4 is 11.9 Å². The third-order valence-corrected chi connectivity index (χ3v) is 3.12. The molecule has 2 atom stereocenters. The molecule has 92 valence electrons. The molecule has 0 bridgehead atoms. The van der Waals surface area contributed by atoms with Gasteiger partial charge in [0.15, 0.2) is 5.82 Å². The molecule has 1 aromatic rings. The first-order valence-corrected chi connectivity index (χ1v) is 5.61. The van der Waals surface area contributed by atoms with Crippen molar-refractivity contribution in [1.29, 1.82) is 0 Å². The van der Waals surface area contributed by atoms with Crippen molar-refractivity contribution in [2.75, 3.05) is 11.9 Å². The maximum atomic E-state index is 12.6. The lowest BCUT2D eigenvalue weighted by molar-refractivity contribution is -0.142. The van der Waals surface area contributed by atoms with Crippen LogP contribution in [0.4, 0.5) is 10.3 Å². The van der Waals surface area contributed by atoms with Gasteiger partial charge in [-0.2, -0.15) is 0 Å². The molecule has 1 fully saturated rings. The second-order valence-corrected chi connectivity index (χ2v) is 4.24. The number of hydrogen-bond acceptors (Lipinski definition) is 4. The Hall–Kier alpha value is -1.72. The summed E-state index contributed by atoms with van der Waals surface area (Å²) in [6.07, 6.45) is 4.72. The molecule has 0 spiro atoms. The summed E-state index contributed by atoms with van der Waals surface area (Å²) < 4.78 is 12.6. The van der Waals surface area contributed by atoms with Crippen LogP contribution in [0.3, 0.4) is 0 Å². The quantitative estimate of drug-likeness (QED) is 0.833. The predicted molar refractivity (Wildman–Crippen MR) is 58.9 cm³/mol. The van der Waals surface area contributed by atoms with Crippen molar-refractivity contribution in [2.45, 2.75) is 19.3 Å². The highest BCUT2D eigenvalue weighted by Crippen LogP contribution is 2.31. The van der Waals surface area contributed by atoms with Gasteiger partial charge in [-0.25, -0.2) is 14.4 Å². The lowest BCUT2D eigenvalue weighted by Crippen LogP contribution is -2.25. The van der Waals surface area contributed by atoms with Crippen LogP contribution in [0.25, 0.3) is 0 Å². The average Bonchev–Trinajstić information content (AvgIpc) is 2.76. The molecule has 17 heavy (non-hydrogen) atoms. The van der Waals surface area contributed by atoms with E-state index in [0.29, 0.717) is 12.5 Å².